The van der Waals surface area contributed by atoms with Gasteiger partial charge in [-0.05, 0) is 85.6 Å². The highest BCUT2D eigenvalue weighted by molar-refractivity contribution is 6.37. The number of hydrogen-bond acceptors (Lipinski definition) is 4. The van der Waals surface area contributed by atoms with Crippen LogP contribution in [0.2, 0.25) is 20.1 Å². The fourth-order valence-corrected chi connectivity index (χ4v) is 7.15. The van der Waals surface area contributed by atoms with Crippen LogP contribution < -0.4 is 10.6 Å². The van der Waals surface area contributed by atoms with E-state index in [1.807, 2.05) is 62.4 Å². The van der Waals surface area contributed by atoms with Crippen molar-refractivity contribution in [2.45, 2.75) is 13.8 Å². The normalized spacial score (nSPS) is 11.2. The highest BCUT2D eigenvalue weighted by atomic mass is 35.5. The van der Waals surface area contributed by atoms with Crippen LogP contribution >= 0.6 is 46.4 Å². The van der Waals surface area contributed by atoms with Crippen LogP contribution in [0.4, 0.5) is 11.4 Å². The smallest absolute Gasteiger partial charge is 0.256 e. The molecule has 0 saturated heterocycles. The largest absolute Gasteiger partial charge is 0.320 e. The lowest BCUT2D eigenvalue weighted by molar-refractivity contribution is 0.101. The lowest BCUT2D eigenvalue weighted by Crippen LogP contribution is -2.19. The molecule has 0 spiro atoms. The van der Waals surface area contributed by atoms with E-state index in [2.05, 4.69) is 10.6 Å². The van der Waals surface area contributed by atoms with Crippen LogP contribution in [0.3, 0.4) is 0 Å². The number of fused-ring (bicyclic) bond motifs is 2. The number of carbonyl (C=O) groups is 2. The van der Waals surface area contributed by atoms with Gasteiger partial charge in [-0.3, -0.25) is 9.59 Å². The molecule has 0 aliphatic carbocycles. The zero-order valence-electron chi connectivity index (χ0n) is 26.6. The number of aromatic nitrogens is 2. The maximum atomic E-state index is 14.2. The molecule has 10 heteroatoms. The molecule has 0 aliphatic heterocycles. The summed E-state index contributed by atoms with van der Waals surface area (Å²) < 4.78 is 0. The first-order valence-corrected chi connectivity index (χ1v) is 17.0. The maximum absolute atomic E-state index is 14.2. The molecular weight excluding hydrogens is 710 g/mol. The number of hydrogen-bond donors (Lipinski definition) is 2. The highest BCUT2D eigenvalue weighted by Crippen LogP contribution is 2.37. The number of halogens is 4. The first-order chi connectivity index (χ1) is 24.1. The molecule has 7 aromatic rings. The van der Waals surface area contributed by atoms with Crippen molar-refractivity contribution in [1.29, 1.82) is 0 Å². The van der Waals surface area contributed by atoms with Gasteiger partial charge in [-0.25, -0.2) is 9.97 Å². The van der Waals surface area contributed by atoms with Gasteiger partial charge in [0, 0.05) is 31.9 Å². The van der Waals surface area contributed by atoms with Crippen molar-refractivity contribution >= 4 is 91.4 Å². The van der Waals surface area contributed by atoms with E-state index < -0.39 is 0 Å². The van der Waals surface area contributed by atoms with Crippen LogP contribution in [0.1, 0.15) is 31.8 Å². The first kappa shape index (κ1) is 33.5. The van der Waals surface area contributed by atoms with Crippen molar-refractivity contribution in [3.05, 3.63) is 152 Å². The molecule has 7 rings (SSSR count). The molecule has 0 aliphatic rings. The fraction of sp³-hybridized carbons (Fsp3) is 0.0500. The molecule has 2 aromatic heterocycles. The molecule has 0 radical (unpaired) electrons. The number of anilines is 2. The standard InChI is InChI=1S/C40H26Cl4N4O2/c1-21-35(27-9-3-5-11-31(27)45-37(21)25-17-15-23(41)19-29(25)43)39(49)47-33-13-7-8-14-34(33)48-40(50)36-22(2)38(26-18-16-24(42)20-30(26)44)46-32-12-6-4-10-28(32)36/h3-20H,1-2H3,(H,47,49)(H,48,50). The van der Waals surface area contributed by atoms with E-state index in [1.165, 1.54) is 0 Å². The third kappa shape index (κ3) is 6.28. The molecule has 0 bridgehead atoms. The topological polar surface area (TPSA) is 84.0 Å². The van der Waals surface area contributed by atoms with Crippen LogP contribution in [-0.4, -0.2) is 21.8 Å². The minimum atomic E-state index is -0.376. The molecule has 2 heterocycles. The minimum Gasteiger partial charge on any atom is -0.320 e. The van der Waals surface area contributed by atoms with Crippen LogP contribution in [0, 0.1) is 13.8 Å². The highest BCUT2D eigenvalue weighted by Gasteiger charge is 2.24. The van der Waals surface area contributed by atoms with Gasteiger partial charge in [-0.1, -0.05) is 94.9 Å². The Hall–Kier alpha value is -4.98. The summed E-state index contributed by atoms with van der Waals surface area (Å²) in [6, 6.07) is 32.2. The minimum absolute atomic E-state index is 0.376. The van der Waals surface area contributed by atoms with Crippen molar-refractivity contribution in [1.82, 2.24) is 9.97 Å². The number of nitrogens with one attached hydrogen (secondary N) is 2. The molecular formula is C40H26Cl4N4O2. The van der Waals surface area contributed by atoms with Gasteiger partial charge in [0.2, 0.25) is 0 Å². The van der Waals surface area contributed by atoms with Crippen molar-refractivity contribution in [3.8, 4) is 22.5 Å². The van der Waals surface area contributed by atoms with Gasteiger partial charge in [0.05, 0.1) is 55.0 Å². The Kier molecular flexibility index (Phi) is 9.21. The van der Waals surface area contributed by atoms with E-state index in [0.717, 1.165) is 0 Å². The summed E-state index contributed by atoms with van der Waals surface area (Å²) in [6.07, 6.45) is 0. The zero-order valence-corrected chi connectivity index (χ0v) is 29.6. The van der Waals surface area contributed by atoms with Gasteiger partial charge < -0.3 is 10.6 Å². The average Bonchev–Trinajstić information content (AvgIpc) is 3.09. The number of carbonyl (C=O) groups excluding carboxylic acids is 2. The molecule has 0 unspecified atom stereocenters. The average molecular weight is 736 g/mol. The van der Waals surface area contributed by atoms with E-state index in [-0.39, 0.29) is 11.8 Å². The zero-order chi connectivity index (χ0) is 35.1. The summed E-state index contributed by atoms with van der Waals surface area (Å²) in [6.45, 7) is 3.67. The second-order valence-electron chi connectivity index (χ2n) is 11.7. The van der Waals surface area contributed by atoms with Gasteiger partial charge in [-0.2, -0.15) is 0 Å². The quantitative estimate of drug-likeness (QED) is 0.178. The number of rotatable bonds is 6. The van der Waals surface area contributed by atoms with Gasteiger partial charge in [0.25, 0.3) is 11.8 Å². The second kappa shape index (κ2) is 13.7. The SMILES string of the molecule is Cc1c(-c2ccc(Cl)cc2Cl)nc2ccccc2c1C(=O)Nc1ccccc1NC(=O)c1c(C)c(-c2ccc(Cl)cc2Cl)nc2ccccc12. The third-order valence-electron chi connectivity index (χ3n) is 8.52. The number of pyridine rings is 2. The fourth-order valence-electron chi connectivity index (χ4n) is 6.16. The predicted molar refractivity (Wildman–Crippen MR) is 206 cm³/mol. The molecule has 2 N–H and O–H groups in total. The second-order valence-corrected chi connectivity index (χ2v) is 13.3. The van der Waals surface area contributed by atoms with E-state index >= 15 is 0 Å². The van der Waals surface area contributed by atoms with Gasteiger partial charge in [0.1, 0.15) is 0 Å². The Labute approximate surface area is 308 Å². The lowest BCUT2D eigenvalue weighted by atomic mass is 9.96. The molecule has 0 fully saturated rings. The van der Waals surface area contributed by atoms with Crippen molar-refractivity contribution in [2.24, 2.45) is 0 Å². The molecule has 5 aromatic carbocycles. The number of benzene rings is 5. The van der Waals surface area contributed by atoms with E-state index in [1.54, 1.807) is 60.7 Å². The number of amides is 2. The Balaban J connectivity index is 1.28. The van der Waals surface area contributed by atoms with Gasteiger partial charge in [-0.15, -0.1) is 0 Å². The Morgan fingerprint density at radius 3 is 1.30 bits per heavy atom. The summed E-state index contributed by atoms with van der Waals surface area (Å²) in [5.41, 5.74) is 6.64. The van der Waals surface area contributed by atoms with Crippen molar-refractivity contribution in [3.63, 3.8) is 0 Å². The first-order valence-electron chi connectivity index (χ1n) is 15.5. The third-order valence-corrected chi connectivity index (χ3v) is 9.62. The molecule has 0 saturated carbocycles. The van der Waals surface area contributed by atoms with E-state index in [9.17, 15) is 9.59 Å². The summed E-state index contributed by atoms with van der Waals surface area (Å²) >= 11 is 25.5. The van der Waals surface area contributed by atoms with Crippen LogP contribution in [0.15, 0.2) is 109 Å². The molecule has 50 heavy (non-hydrogen) atoms. The Bertz CT molecular complexity index is 2340. The van der Waals surface area contributed by atoms with Crippen molar-refractivity contribution in [2.75, 3.05) is 10.6 Å². The molecule has 6 nitrogen and oxygen atoms in total. The lowest BCUT2D eigenvalue weighted by Gasteiger charge is -2.18. The summed E-state index contributed by atoms with van der Waals surface area (Å²) in [5, 5.41) is 9.26. The Morgan fingerprint density at radius 1 is 0.520 bits per heavy atom. The summed E-state index contributed by atoms with van der Waals surface area (Å²) in [4.78, 5) is 38.2. The van der Waals surface area contributed by atoms with Gasteiger partial charge in [0.15, 0.2) is 0 Å². The summed E-state index contributed by atoms with van der Waals surface area (Å²) in [5.74, 6) is -0.751. The molecule has 246 valence electrons. The summed E-state index contributed by atoms with van der Waals surface area (Å²) in [7, 11) is 0. The number of nitrogens with zero attached hydrogens (tertiary/aromatic N) is 2. The van der Waals surface area contributed by atoms with E-state index in [0.29, 0.717) is 98.0 Å². The monoisotopic (exact) mass is 734 g/mol. The van der Waals surface area contributed by atoms with Crippen LogP contribution in [0.25, 0.3) is 44.3 Å². The molecule has 2 amide bonds. The van der Waals surface area contributed by atoms with Crippen LogP contribution in [-0.2, 0) is 0 Å². The van der Waals surface area contributed by atoms with Crippen molar-refractivity contribution < 1.29 is 9.59 Å². The number of para-hydroxylation sites is 4. The Morgan fingerprint density at radius 2 is 0.900 bits per heavy atom. The van der Waals surface area contributed by atoms with Crippen LogP contribution in [0.5, 0.6) is 0 Å². The van der Waals surface area contributed by atoms with E-state index in [4.69, 9.17) is 56.4 Å². The predicted octanol–water partition coefficient (Wildman–Crippen LogP) is 11.9. The maximum Gasteiger partial charge on any atom is 0.256 e. The van der Waals surface area contributed by atoms with Gasteiger partial charge >= 0.3 is 0 Å². The molecule has 0 atom stereocenters.